The average molecular weight is 376 g/mol. The first-order valence-corrected chi connectivity index (χ1v) is 10.3. The Morgan fingerprint density at radius 3 is 2.36 bits per heavy atom. The molecular formula is C25H33N3. The van der Waals surface area contributed by atoms with Crippen molar-refractivity contribution in [3.63, 3.8) is 0 Å². The quantitative estimate of drug-likeness (QED) is 0.518. The van der Waals surface area contributed by atoms with Crippen molar-refractivity contribution < 1.29 is 0 Å². The van der Waals surface area contributed by atoms with E-state index in [9.17, 15) is 5.26 Å². The number of nitriles is 1. The first-order chi connectivity index (χ1) is 13.6. The van der Waals surface area contributed by atoms with Gasteiger partial charge >= 0.3 is 0 Å². The Morgan fingerprint density at radius 1 is 1.07 bits per heavy atom. The van der Waals surface area contributed by atoms with E-state index in [2.05, 4.69) is 98.6 Å². The Hall–Kier alpha value is -2.73. The van der Waals surface area contributed by atoms with E-state index in [1.807, 2.05) is 0 Å². The van der Waals surface area contributed by atoms with Crippen molar-refractivity contribution >= 4 is 5.69 Å². The van der Waals surface area contributed by atoms with E-state index >= 15 is 0 Å². The summed E-state index contributed by atoms with van der Waals surface area (Å²) in [5.41, 5.74) is 4.83. The number of allylic oxidation sites excluding steroid dienone is 1. The predicted octanol–water partition coefficient (Wildman–Crippen LogP) is 6.46. The van der Waals surface area contributed by atoms with E-state index in [1.54, 1.807) is 0 Å². The zero-order valence-corrected chi connectivity index (χ0v) is 17.7. The Morgan fingerprint density at radius 2 is 1.75 bits per heavy atom. The minimum absolute atomic E-state index is 0.404. The molecule has 0 bridgehead atoms. The molecule has 1 unspecified atom stereocenters. The lowest BCUT2D eigenvalue weighted by molar-refractivity contribution is 0.325. The van der Waals surface area contributed by atoms with Crippen LogP contribution >= 0.6 is 0 Å². The van der Waals surface area contributed by atoms with Crippen LogP contribution in [-0.4, -0.2) is 18.0 Å². The molecule has 0 aliphatic rings. The van der Waals surface area contributed by atoms with E-state index in [0.29, 0.717) is 12.3 Å². The summed E-state index contributed by atoms with van der Waals surface area (Å²) in [5, 5.41) is 13.1. The van der Waals surface area contributed by atoms with Gasteiger partial charge in [-0.3, -0.25) is 0 Å². The number of anilines is 1. The molecule has 2 rings (SSSR count). The second-order valence-electron chi connectivity index (χ2n) is 7.34. The Kier molecular flexibility index (Phi) is 8.62. The minimum Gasteiger partial charge on any atom is -0.358 e. The monoisotopic (exact) mass is 375 g/mol. The third kappa shape index (κ3) is 5.89. The van der Waals surface area contributed by atoms with Crippen LogP contribution in [0.3, 0.4) is 0 Å². The number of hydrogen-bond acceptors (Lipinski definition) is 3. The summed E-state index contributed by atoms with van der Waals surface area (Å²) in [4.78, 5) is 2.43. The zero-order valence-electron chi connectivity index (χ0n) is 17.7. The predicted molar refractivity (Wildman–Crippen MR) is 119 cm³/mol. The number of para-hydroxylation sites is 1. The minimum atomic E-state index is 0.404. The van der Waals surface area contributed by atoms with Gasteiger partial charge in [0.05, 0.1) is 12.5 Å². The summed E-state index contributed by atoms with van der Waals surface area (Å²) in [6.07, 6.45) is 2.37. The molecule has 3 nitrogen and oxygen atoms in total. The number of hydrogen-bond donors (Lipinski definition) is 1. The molecule has 2 aromatic rings. The average Bonchev–Trinajstić information content (AvgIpc) is 2.72. The molecule has 0 aromatic heterocycles. The summed E-state index contributed by atoms with van der Waals surface area (Å²) in [7, 11) is 0. The topological polar surface area (TPSA) is 39.1 Å². The highest BCUT2D eigenvalue weighted by molar-refractivity contribution is 5.54. The van der Waals surface area contributed by atoms with Crippen LogP contribution in [-0.2, 0) is 0 Å². The van der Waals surface area contributed by atoms with Gasteiger partial charge in [0.1, 0.15) is 5.82 Å². The van der Waals surface area contributed by atoms with Gasteiger partial charge in [-0.15, -0.1) is 0 Å². The lowest BCUT2D eigenvalue weighted by atomic mass is 10.00. The fourth-order valence-electron chi connectivity index (χ4n) is 3.49. The molecule has 0 fully saturated rings. The summed E-state index contributed by atoms with van der Waals surface area (Å²) >= 11 is 0. The van der Waals surface area contributed by atoms with Crippen LogP contribution in [0.4, 0.5) is 5.69 Å². The smallest absolute Gasteiger partial charge is 0.106 e. The van der Waals surface area contributed by atoms with Crippen molar-refractivity contribution in [2.45, 2.75) is 52.9 Å². The van der Waals surface area contributed by atoms with Crippen LogP contribution in [0.25, 0.3) is 0 Å². The first-order valence-electron chi connectivity index (χ1n) is 10.3. The van der Waals surface area contributed by atoms with E-state index in [1.165, 1.54) is 16.7 Å². The maximum atomic E-state index is 9.38. The lowest BCUT2D eigenvalue weighted by Crippen LogP contribution is -2.33. The van der Waals surface area contributed by atoms with E-state index in [-0.39, 0.29) is 0 Å². The van der Waals surface area contributed by atoms with Gasteiger partial charge in [0, 0.05) is 18.8 Å². The molecule has 0 saturated heterocycles. The van der Waals surface area contributed by atoms with Gasteiger partial charge in [0.25, 0.3) is 0 Å². The van der Waals surface area contributed by atoms with Gasteiger partial charge in [-0.1, -0.05) is 69.3 Å². The summed E-state index contributed by atoms with van der Waals surface area (Å²) in [6.45, 7) is 10.6. The molecule has 3 heteroatoms. The number of rotatable bonds is 10. The molecule has 1 atom stereocenters. The molecule has 0 spiro atoms. The molecule has 0 saturated carbocycles. The first kappa shape index (κ1) is 21.6. The van der Waals surface area contributed by atoms with Crippen LogP contribution in [0, 0.1) is 18.3 Å². The highest BCUT2D eigenvalue weighted by Gasteiger charge is 2.18. The van der Waals surface area contributed by atoms with Crippen molar-refractivity contribution in [2.24, 2.45) is 0 Å². The van der Waals surface area contributed by atoms with Crippen LogP contribution in [0.15, 0.2) is 66.0 Å². The van der Waals surface area contributed by atoms with Crippen molar-refractivity contribution in [2.75, 3.05) is 18.4 Å². The molecule has 148 valence electrons. The number of nitrogens with one attached hydrogen (secondary N) is 1. The maximum Gasteiger partial charge on any atom is 0.106 e. The van der Waals surface area contributed by atoms with Gasteiger partial charge in [-0.2, -0.15) is 5.26 Å². The molecule has 1 N–H and O–H groups in total. The summed E-state index contributed by atoms with van der Waals surface area (Å²) in [5.74, 6) is 1.50. The largest absolute Gasteiger partial charge is 0.358 e. The molecule has 0 heterocycles. The standard InChI is InChI=1S/C25H33N3/c1-5-18-28(19-21(4)23-13-8-7-9-14-23)25(22(6-2)16-17-26)27-24-15-11-10-12-20(24)3/h7-15,21,27H,5-6,16,18-19H2,1-4H3/b25-22-. The Bertz CT molecular complexity index is 802. The highest BCUT2D eigenvalue weighted by atomic mass is 15.2. The fraction of sp³-hybridized carbons (Fsp3) is 0.400. The Balaban J connectivity index is 2.39. The van der Waals surface area contributed by atoms with Gasteiger partial charge < -0.3 is 10.2 Å². The van der Waals surface area contributed by atoms with Crippen molar-refractivity contribution in [1.29, 1.82) is 5.26 Å². The van der Waals surface area contributed by atoms with E-state index in [4.69, 9.17) is 0 Å². The summed E-state index contributed by atoms with van der Waals surface area (Å²) in [6, 6.07) is 21.4. The van der Waals surface area contributed by atoms with Gasteiger partial charge in [-0.05, 0) is 48.4 Å². The second kappa shape index (κ2) is 11.2. The molecular weight excluding hydrogens is 342 g/mol. The normalized spacial score (nSPS) is 12.7. The SMILES string of the molecule is CCCN(CC(C)c1ccccc1)/C(Nc1ccccc1C)=C(/CC)CC#N. The zero-order chi connectivity index (χ0) is 20.4. The van der Waals surface area contributed by atoms with Crippen molar-refractivity contribution in [1.82, 2.24) is 4.90 Å². The van der Waals surface area contributed by atoms with Gasteiger partial charge in [-0.25, -0.2) is 0 Å². The van der Waals surface area contributed by atoms with Crippen molar-refractivity contribution in [3.8, 4) is 6.07 Å². The Labute approximate surface area is 170 Å². The third-order valence-electron chi connectivity index (χ3n) is 5.12. The third-order valence-corrected chi connectivity index (χ3v) is 5.12. The summed E-state index contributed by atoms with van der Waals surface area (Å²) < 4.78 is 0. The molecule has 28 heavy (non-hydrogen) atoms. The number of aryl methyl sites for hydroxylation is 1. The van der Waals surface area contributed by atoms with Crippen LogP contribution in [0.2, 0.25) is 0 Å². The molecule has 0 aliphatic heterocycles. The van der Waals surface area contributed by atoms with Crippen LogP contribution in [0.1, 0.15) is 57.1 Å². The molecule has 2 aromatic carbocycles. The molecule has 0 aliphatic carbocycles. The fourth-order valence-corrected chi connectivity index (χ4v) is 3.49. The maximum absolute atomic E-state index is 9.38. The number of nitrogens with zero attached hydrogens (tertiary/aromatic N) is 2. The molecule has 0 amide bonds. The van der Waals surface area contributed by atoms with E-state index < -0.39 is 0 Å². The second-order valence-corrected chi connectivity index (χ2v) is 7.34. The molecule has 0 radical (unpaired) electrons. The van der Waals surface area contributed by atoms with Crippen LogP contribution in [0.5, 0.6) is 0 Å². The van der Waals surface area contributed by atoms with E-state index in [0.717, 1.165) is 37.4 Å². The highest BCUT2D eigenvalue weighted by Crippen LogP contribution is 2.25. The number of benzene rings is 2. The van der Waals surface area contributed by atoms with Crippen molar-refractivity contribution in [3.05, 3.63) is 77.1 Å². The lowest BCUT2D eigenvalue weighted by Gasteiger charge is -2.33. The van der Waals surface area contributed by atoms with Gasteiger partial charge in [0.15, 0.2) is 0 Å². The van der Waals surface area contributed by atoms with Crippen LogP contribution < -0.4 is 5.32 Å². The van der Waals surface area contributed by atoms with Gasteiger partial charge in [0.2, 0.25) is 0 Å².